The summed E-state index contributed by atoms with van der Waals surface area (Å²) in [6.07, 6.45) is 1.89. The Morgan fingerprint density at radius 1 is 1.00 bits per heavy atom. The van der Waals surface area contributed by atoms with Crippen LogP contribution in [0.3, 0.4) is 0 Å². The molecule has 0 spiro atoms. The number of aryl methyl sites for hydroxylation is 1. The fourth-order valence-corrected chi connectivity index (χ4v) is 3.80. The van der Waals surface area contributed by atoms with Crippen LogP contribution in [0.1, 0.15) is 37.5 Å². The van der Waals surface area contributed by atoms with Crippen molar-refractivity contribution in [2.24, 2.45) is 0 Å². The smallest absolute Gasteiger partial charge is 0.266 e. The molecule has 5 heteroatoms. The van der Waals surface area contributed by atoms with Crippen LogP contribution < -0.4 is 10.1 Å². The highest BCUT2D eigenvalue weighted by molar-refractivity contribution is 7.15. The van der Waals surface area contributed by atoms with E-state index < -0.39 is 0 Å². The van der Waals surface area contributed by atoms with Crippen molar-refractivity contribution in [3.05, 3.63) is 80.1 Å². The minimum absolute atomic E-state index is 0.101. The van der Waals surface area contributed by atoms with E-state index in [-0.39, 0.29) is 11.0 Å². The molecular formula is C22H21N3OS. The third kappa shape index (κ3) is 3.43. The topological polar surface area (TPSA) is 47.3 Å². The fourth-order valence-electron chi connectivity index (χ4n) is 2.89. The number of rotatable bonds is 2. The van der Waals surface area contributed by atoms with Crippen molar-refractivity contribution in [2.45, 2.75) is 33.1 Å². The van der Waals surface area contributed by atoms with Gasteiger partial charge in [0.2, 0.25) is 4.96 Å². The van der Waals surface area contributed by atoms with Crippen LogP contribution in [-0.4, -0.2) is 14.6 Å². The summed E-state index contributed by atoms with van der Waals surface area (Å²) in [6, 6.07) is 16.3. The van der Waals surface area contributed by atoms with Gasteiger partial charge in [-0.15, -0.1) is 5.10 Å². The predicted octanol–water partition coefficient (Wildman–Crippen LogP) is 3.97. The summed E-state index contributed by atoms with van der Waals surface area (Å²) in [5.41, 5.74) is 4.35. The quantitative estimate of drug-likeness (QED) is 0.533. The Labute approximate surface area is 161 Å². The maximum atomic E-state index is 12.7. The maximum Gasteiger partial charge on any atom is 0.291 e. The van der Waals surface area contributed by atoms with Crippen LogP contribution in [0.4, 0.5) is 0 Å². The highest BCUT2D eigenvalue weighted by atomic mass is 32.1. The summed E-state index contributed by atoms with van der Waals surface area (Å²) < 4.78 is 2.04. The van der Waals surface area contributed by atoms with Crippen molar-refractivity contribution in [1.82, 2.24) is 14.6 Å². The molecule has 2 heterocycles. The zero-order valence-corrected chi connectivity index (χ0v) is 16.7. The largest absolute Gasteiger partial charge is 0.291 e. The summed E-state index contributed by atoms with van der Waals surface area (Å²) in [5, 5.41) is 4.43. The molecule has 0 N–H and O–H groups in total. The summed E-state index contributed by atoms with van der Waals surface area (Å²) >= 11 is 1.37. The van der Waals surface area contributed by atoms with Gasteiger partial charge in [0.25, 0.3) is 5.56 Å². The van der Waals surface area contributed by atoms with Gasteiger partial charge in [-0.1, -0.05) is 86.2 Å². The lowest BCUT2D eigenvalue weighted by Crippen LogP contribution is -2.23. The number of nitrogens with zero attached hydrogens (tertiary/aromatic N) is 3. The Hall–Kier alpha value is -2.79. The molecule has 0 bridgehead atoms. The van der Waals surface area contributed by atoms with Crippen LogP contribution in [0.15, 0.2) is 53.3 Å². The van der Waals surface area contributed by atoms with E-state index in [0.717, 1.165) is 11.1 Å². The monoisotopic (exact) mass is 375 g/mol. The van der Waals surface area contributed by atoms with Crippen molar-refractivity contribution in [1.29, 1.82) is 0 Å². The lowest BCUT2D eigenvalue weighted by Gasteiger charge is -2.18. The van der Waals surface area contributed by atoms with Crippen LogP contribution in [0.2, 0.25) is 0 Å². The molecule has 0 aliphatic carbocycles. The third-order valence-corrected chi connectivity index (χ3v) is 5.53. The molecule has 0 aliphatic rings. The predicted molar refractivity (Wildman–Crippen MR) is 111 cm³/mol. The highest BCUT2D eigenvalue weighted by Crippen LogP contribution is 2.25. The summed E-state index contributed by atoms with van der Waals surface area (Å²) in [7, 11) is 0. The molecule has 0 aliphatic heterocycles. The van der Waals surface area contributed by atoms with Crippen LogP contribution in [0.25, 0.3) is 22.4 Å². The molecule has 0 saturated carbocycles. The van der Waals surface area contributed by atoms with E-state index in [1.807, 2.05) is 49.4 Å². The minimum atomic E-state index is -0.124. The summed E-state index contributed by atoms with van der Waals surface area (Å²) in [6.45, 7) is 8.59. The van der Waals surface area contributed by atoms with Gasteiger partial charge in [0.05, 0.1) is 4.53 Å². The van der Waals surface area contributed by atoms with Gasteiger partial charge >= 0.3 is 0 Å². The van der Waals surface area contributed by atoms with E-state index in [0.29, 0.717) is 15.3 Å². The fraction of sp³-hybridized carbons (Fsp3) is 0.227. The molecular weight excluding hydrogens is 354 g/mol. The zero-order chi connectivity index (χ0) is 19.2. The van der Waals surface area contributed by atoms with Gasteiger partial charge in [-0.05, 0) is 29.5 Å². The van der Waals surface area contributed by atoms with E-state index in [1.54, 1.807) is 0 Å². The lowest BCUT2D eigenvalue weighted by atomic mass is 9.87. The van der Waals surface area contributed by atoms with Crippen LogP contribution in [-0.2, 0) is 5.41 Å². The Kier molecular flexibility index (Phi) is 4.19. The number of aromatic nitrogens is 3. The first-order valence-corrected chi connectivity index (χ1v) is 9.72. The van der Waals surface area contributed by atoms with Crippen molar-refractivity contribution in [2.75, 3.05) is 0 Å². The van der Waals surface area contributed by atoms with Crippen molar-refractivity contribution in [3.8, 4) is 11.4 Å². The van der Waals surface area contributed by atoms with Gasteiger partial charge < -0.3 is 0 Å². The second-order valence-electron chi connectivity index (χ2n) is 7.78. The number of benzene rings is 2. The molecule has 4 aromatic rings. The first kappa shape index (κ1) is 17.6. The average Bonchev–Trinajstić information content (AvgIpc) is 3.16. The Morgan fingerprint density at radius 3 is 2.26 bits per heavy atom. The SMILES string of the molecule is Cc1ccc(/C=c2/sc3nc(-c4ccc(C(C)(C)C)cc4)nn3c2=O)cc1. The Bertz CT molecular complexity index is 1210. The molecule has 4 rings (SSSR count). The number of fused-ring (bicyclic) bond motifs is 1. The molecule has 0 unspecified atom stereocenters. The molecule has 27 heavy (non-hydrogen) atoms. The Balaban J connectivity index is 1.72. The molecule has 4 nitrogen and oxygen atoms in total. The summed E-state index contributed by atoms with van der Waals surface area (Å²) in [4.78, 5) is 17.9. The van der Waals surface area contributed by atoms with Gasteiger partial charge in [0.1, 0.15) is 0 Å². The minimum Gasteiger partial charge on any atom is -0.266 e. The van der Waals surface area contributed by atoms with Crippen molar-refractivity contribution in [3.63, 3.8) is 0 Å². The molecule has 0 amide bonds. The molecule has 136 valence electrons. The average molecular weight is 375 g/mol. The number of hydrogen-bond donors (Lipinski definition) is 0. The standard InChI is InChI=1S/C22H21N3OS/c1-14-5-7-15(8-6-14)13-18-20(26)25-21(27-18)23-19(24-25)16-9-11-17(12-10-16)22(2,3)4/h5-13H,1-4H3/b18-13+. The zero-order valence-electron chi connectivity index (χ0n) is 15.9. The first-order chi connectivity index (χ1) is 12.8. The molecule has 0 atom stereocenters. The van der Waals surface area contributed by atoms with Crippen LogP contribution in [0.5, 0.6) is 0 Å². The van der Waals surface area contributed by atoms with Gasteiger partial charge in [-0.25, -0.2) is 0 Å². The van der Waals surface area contributed by atoms with E-state index in [1.165, 1.54) is 27.0 Å². The van der Waals surface area contributed by atoms with E-state index in [4.69, 9.17) is 0 Å². The van der Waals surface area contributed by atoms with Gasteiger partial charge in [0.15, 0.2) is 5.82 Å². The number of hydrogen-bond acceptors (Lipinski definition) is 4. The van der Waals surface area contributed by atoms with E-state index in [9.17, 15) is 4.79 Å². The highest BCUT2D eigenvalue weighted by Gasteiger charge is 2.15. The molecule has 2 aromatic carbocycles. The van der Waals surface area contributed by atoms with Crippen LogP contribution in [0, 0.1) is 6.92 Å². The Morgan fingerprint density at radius 2 is 1.67 bits per heavy atom. The van der Waals surface area contributed by atoms with Crippen molar-refractivity contribution < 1.29 is 0 Å². The second-order valence-corrected chi connectivity index (χ2v) is 8.79. The second kappa shape index (κ2) is 6.43. The van der Waals surface area contributed by atoms with Gasteiger partial charge in [0, 0.05) is 5.56 Å². The van der Waals surface area contributed by atoms with Crippen molar-refractivity contribution >= 4 is 22.4 Å². The molecule has 0 saturated heterocycles. The molecule has 0 fully saturated rings. The van der Waals surface area contributed by atoms with Crippen LogP contribution >= 0.6 is 11.3 Å². The number of thiazole rings is 1. The lowest BCUT2D eigenvalue weighted by molar-refractivity contribution is 0.590. The van der Waals surface area contributed by atoms with Gasteiger partial charge in [-0.3, -0.25) is 4.79 Å². The summed E-state index contributed by atoms with van der Waals surface area (Å²) in [5.74, 6) is 0.584. The maximum absolute atomic E-state index is 12.7. The van der Waals surface area contributed by atoms with E-state index in [2.05, 4.69) is 43.0 Å². The first-order valence-electron chi connectivity index (χ1n) is 8.90. The normalized spacial score (nSPS) is 12.8. The van der Waals surface area contributed by atoms with Gasteiger partial charge in [-0.2, -0.15) is 9.50 Å². The van der Waals surface area contributed by atoms with E-state index >= 15 is 0 Å². The molecule has 2 aromatic heterocycles. The molecule has 0 radical (unpaired) electrons. The third-order valence-electron chi connectivity index (χ3n) is 4.57.